The minimum Gasteiger partial charge on any atom is -0.373 e. The van der Waals surface area contributed by atoms with E-state index in [9.17, 15) is 9.59 Å². The molecule has 1 aromatic rings. The van der Waals surface area contributed by atoms with Crippen LogP contribution in [0.15, 0.2) is 18.3 Å². The van der Waals surface area contributed by atoms with E-state index in [1.54, 1.807) is 25.1 Å². The summed E-state index contributed by atoms with van der Waals surface area (Å²) in [6.45, 7) is 2.22. The predicted molar refractivity (Wildman–Crippen MR) is 77.4 cm³/mol. The summed E-state index contributed by atoms with van der Waals surface area (Å²) in [5, 5.41) is 3.04. The van der Waals surface area contributed by atoms with Gasteiger partial charge in [0.25, 0.3) is 0 Å². The van der Waals surface area contributed by atoms with E-state index in [2.05, 4.69) is 10.3 Å². The second kappa shape index (κ2) is 6.06. The summed E-state index contributed by atoms with van der Waals surface area (Å²) in [5.74, 6) is 1.83. The zero-order chi connectivity index (χ0) is 13.8. The van der Waals surface area contributed by atoms with Crippen LogP contribution < -0.4 is 10.2 Å². The first-order valence-corrected chi connectivity index (χ1v) is 7.16. The lowest BCUT2D eigenvalue weighted by Gasteiger charge is -2.16. The molecule has 0 bridgehead atoms. The Morgan fingerprint density at radius 2 is 2.37 bits per heavy atom. The fourth-order valence-electron chi connectivity index (χ4n) is 2.07. The number of carbonyl (C=O) groups is 2. The summed E-state index contributed by atoms with van der Waals surface area (Å²) in [7, 11) is 1.80. The molecule has 0 saturated carbocycles. The Kier molecular flexibility index (Phi) is 4.42. The minimum atomic E-state index is 0.103. The third-order valence-corrected chi connectivity index (χ3v) is 4.09. The van der Waals surface area contributed by atoms with E-state index in [0.717, 1.165) is 11.5 Å². The van der Waals surface area contributed by atoms with Crippen molar-refractivity contribution in [2.24, 2.45) is 5.92 Å². The molecule has 1 aromatic heterocycles. The molecule has 1 aliphatic rings. The van der Waals surface area contributed by atoms with E-state index in [4.69, 9.17) is 0 Å². The summed E-state index contributed by atoms with van der Waals surface area (Å²) in [5.41, 5.74) is 0.819. The summed E-state index contributed by atoms with van der Waals surface area (Å²) >= 11 is 1.29. The Balaban J connectivity index is 2.00. The fourth-order valence-corrected chi connectivity index (χ4v) is 2.77. The minimum absolute atomic E-state index is 0.103. The van der Waals surface area contributed by atoms with Gasteiger partial charge in [-0.3, -0.25) is 9.59 Å². The smallest absolute Gasteiger partial charge is 0.227 e. The lowest BCUT2D eigenvalue weighted by Crippen LogP contribution is -2.24. The van der Waals surface area contributed by atoms with Crippen molar-refractivity contribution in [1.29, 1.82) is 0 Å². The molecule has 0 aromatic carbocycles. The maximum Gasteiger partial charge on any atom is 0.227 e. The van der Waals surface area contributed by atoms with E-state index in [1.165, 1.54) is 11.8 Å². The van der Waals surface area contributed by atoms with E-state index >= 15 is 0 Å². The number of hydrogen-bond donors (Lipinski definition) is 1. The Hall–Kier alpha value is -1.56. The highest BCUT2D eigenvalue weighted by Gasteiger charge is 2.30. The number of anilines is 2. The van der Waals surface area contributed by atoms with E-state index < -0.39 is 0 Å². The van der Waals surface area contributed by atoms with Crippen molar-refractivity contribution in [1.82, 2.24) is 4.98 Å². The van der Waals surface area contributed by atoms with Gasteiger partial charge in [0.2, 0.25) is 5.91 Å². The highest BCUT2D eigenvalue weighted by atomic mass is 32.2. The third kappa shape index (κ3) is 3.47. The van der Waals surface area contributed by atoms with Crippen molar-refractivity contribution in [2.75, 3.05) is 29.6 Å². The molecule has 19 heavy (non-hydrogen) atoms. The van der Waals surface area contributed by atoms with Gasteiger partial charge in [-0.1, -0.05) is 11.8 Å². The van der Waals surface area contributed by atoms with Gasteiger partial charge >= 0.3 is 0 Å². The fraction of sp³-hybridized carbons (Fsp3) is 0.462. The third-order valence-electron chi connectivity index (χ3n) is 3.04. The van der Waals surface area contributed by atoms with Crippen molar-refractivity contribution in [2.45, 2.75) is 13.3 Å². The van der Waals surface area contributed by atoms with E-state index in [0.29, 0.717) is 18.7 Å². The molecular formula is C13H17N3O2S. The quantitative estimate of drug-likeness (QED) is 0.910. The van der Waals surface area contributed by atoms with Crippen LogP contribution in [0.25, 0.3) is 0 Å². The van der Waals surface area contributed by atoms with Gasteiger partial charge in [0, 0.05) is 32.7 Å². The molecule has 0 aliphatic carbocycles. The summed E-state index contributed by atoms with van der Waals surface area (Å²) < 4.78 is 0. The normalized spacial score (nSPS) is 18.7. The maximum atomic E-state index is 12.0. The predicted octanol–water partition coefficient (Wildman–Crippen LogP) is 1.76. The summed E-state index contributed by atoms with van der Waals surface area (Å²) in [6, 6.07) is 3.73. The van der Waals surface area contributed by atoms with Crippen molar-refractivity contribution < 1.29 is 9.59 Å². The van der Waals surface area contributed by atoms with Gasteiger partial charge in [-0.25, -0.2) is 4.98 Å². The van der Waals surface area contributed by atoms with Gasteiger partial charge in [0.05, 0.1) is 11.9 Å². The SMILES string of the molecule is CNc1ccc(N2CC(CSC(C)=O)CC2=O)cn1. The monoisotopic (exact) mass is 279 g/mol. The number of amides is 1. The van der Waals surface area contributed by atoms with Crippen molar-refractivity contribution in [3.63, 3.8) is 0 Å². The topological polar surface area (TPSA) is 62.3 Å². The molecule has 2 rings (SSSR count). The zero-order valence-corrected chi connectivity index (χ0v) is 11.9. The number of nitrogens with one attached hydrogen (secondary N) is 1. The zero-order valence-electron chi connectivity index (χ0n) is 11.0. The van der Waals surface area contributed by atoms with E-state index in [1.807, 2.05) is 12.1 Å². The largest absolute Gasteiger partial charge is 0.373 e. The lowest BCUT2D eigenvalue weighted by molar-refractivity contribution is -0.117. The number of aromatic nitrogens is 1. The number of carbonyl (C=O) groups excluding carboxylic acids is 2. The van der Waals surface area contributed by atoms with Gasteiger partial charge in [-0.05, 0) is 18.1 Å². The van der Waals surface area contributed by atoms with Crippen molar-refractivity contribution >= 4 is 34.3 Å². The molecule has 2 heterocycles. The molecule has 1 fully saturated rings. The van der Waals surface area contributed by atoms with Gasteiger partial charge in [-0.15, -0.1) is 0 Å². The second-order valence-corrected chi connectivity index (χ2v) is 5.73. The average molecular weight is 279 g/mol. The molecule has 1 atom stereocenters. The van der Waals surface area contributed by atoms with Crippen LogP contribution in [0.2, 0.25) is 0 Å². The molecule has 1 saturated heterocycles. The maximum absolute atomic E-state index is 12.0. The van der Waals surface area contributed by atoms with Crippen LogP contribution in [-0.2, 0) is 9.59 Å². The van der Waals surface area contributed by atoms with Gasteiger partial charge in [0.1, 0.15) is 5.82 Å². The van der Waals surface area contributed by atoms with Gasteiger partial charge in [-0.2, -0.15) is 0 Å². The Morgan fingerprint density at radius 1 is 1.58 bits per heavy atom. The molecular weight excluding hydrogens is 262 g/mol. The van der Waals surface area contributed by atoms with Crippen LogP contribution in [0.3, 0.4) is 0 Å². The van der Waals surface area contributed by atoms with Crippen LogP contribution in [0.1, 0.15) is 13.3 Å². The first-order valence-electron chi connectivity index (χ1n) is 6.17. The number of rotatable bonds is 4. The highest BCUT2D eigenvalue weighted by Crippen LogP contribution is 2.27. The number of hydrogen-bond acceptors (Lipinski definition) is 5. The standard InChI is InChI=1S/C13H17N3O2S/c1-9(17)19-8-10-5-13(18)16(7-10)11-3-4-12(14-2)15-6-11/h3-4,6,10H,5,7-8H2,1-2H3,(H,14,15). The highest BCUT2D eigenvalue weighted by molar-refractivity contribution is 8.13. The molecule has 0 radical (unpaired) electrons. The molecule has 0 spiro atoms. The molecule has 1 N–H and O–H groups in total. The van der Waals surface area contributed by atoms with E-state index in [-0.39, 0.29) is 16.9 Å². The number of thioether (sulfide) groups is 1. The van der Waals surface area contributed by atoms with Crippen LogP contribution in [0, 0.1) is 5.92 Å². The molecule has 5 nitrogen and oxygen atoms in total. The summed E-state index contributed by atoms with van der Waals surface area (Å²) in [4.78, 5) is 28.9. The second-order valence-electron chi connectivity index (χ2n) is 4.53. The Morgan fingerprint density at radius 3 is 2.95 bits per heavy atom. The van der Waals surface area contributed by atoms with Gasteiger partial charge < -0.3 is 10.2 Å². The van der Waals surface area contributed by atoms with Crippen LogP contribution in [-0.4, -0.2) is 35.4 Å². The first-order chi connectivity index (χ1) is 9.10. The van der Waals surface area contributed by atoms with Crippen molar-refractivity contribution in [3.05, 3.63) is 18.3 Å². The molecule has 102 valence electrons. The average Bonchev–Trinajstić information content (AvgIpc) is 2.78. The van der Waals surface area contributed by atoms with Crippen LogP contribution in [0.5, 0.6) is 0 Å². The van der Waals surface area contributed by atoms with Gasteiger partial charge in [0.15, 0.2) is 5.12 Å². The Labute approximate surface area is 116 Å². The number of pyridine rings is 1. The first kappa shape index (κ1) is 13.9. The molecule has 1 aliphatic heterocycles. The Bertz CT molecular complexity index is 475. The van der Waals surface area contributed by atoms with Crippen molar-refractivity contribution in [3.8, 4) is 0 Å². The lowest BCUT2D eigenvalue weighted by atomic mass is 10.1. The molecule has 1 unspecified atom stereocenters. The molecule has 6 heteroatoms. The van der Waals surface area contributed by atoms with Crippen LogP contribution in [0.4, 0.5) is 11.5 Å². The number of nitrogens with zero attached hydrogens (tertiary/aromatic N) is 2. The molecule has 1 amide bonds. The van der Waals surface area contributed by atoms with Crippen LogP contribution >= 0.6 is 11.8 Å². The summed E-state index contributed by atoms with van der Waals surface area (Å²) in [6.07, 6.45) is 2.21.